The summed E-state index contributed by atoms with van der Waals surface area (Å²) in [4.78, 5) is 28.4. The molecule has 6 heteroatoms. The molecule has 0 bridgehead atoms. The van der Waals surface area contributed by atoms with Crippen molar-refractivity contribution in [3.05, 3.63) is 63.7 Å². The third kappa shape index (κ3) is 4.68. The topological polar surface area (TPSA) is 61.4 Å². The van der Waals surface area contributed by atoms with Gasteiger partial charge in [-0.1, -0.05) is 29.3 Å². The summed E-state index contributed by atoms with van der Waals surface area (Å²) in [5.41, 5.74) is 3.95. The highest BCUT2D eigenvalue weighted by Gasteiger charge is 2.45. The largest absolute Gasteiger partial charge is 0.331 e. The molecule has 1 fully saturated rings. The van der Waals surface area contributed by atoms with Crippen LogP contribution >= 0.6 is 11.6 Å². The van der Waals surface area contributed by atoms with Crippen LogP contribution in [0.3, 0.4) is 0 Å². The molecule has 0 aromatic heterocycles. The van der Waals surface area contributed by atoms with Crippen LogP contribution in [0.2, 0.25) is 5.02 Å². The van der Waals surface area contributed by atoms with Crippen molar-refractivity contribution < 1.29 is 9.59 Å². The van der Waals surface area contributed by atoms with E-state index in [4.69, 9.17) is 11.6 Å². The molecule has 3 rings (SSSR count). The van der Waals surface area contributed by atoms with Crippen molar-refractivity contribution in [1.82, 2.24) is 10.2 Å². The average molecular weight is 428 g/mol. The first-order chi connectivity index (χ1) is 14.2. The molecule has 160 valence electrons. The normalized spacial score (nSPS) is 15.5. The molecule has 1 aliphatic heterocycles. The van der Waals surface area contributed by atoms with E-state index in [1.54, 1.807) is 11.9 Å². The van der Waals surface area contributed by atoms with Crippen LogP contribution in [0.4, 0.5) is 5.69 Å². The maximum absolute atomic E-state index is 13.4. The highest BCUT2D eigenvalue weighted by Crippen LogP contribution is 2.29. The van der Waals surface area contributed by atoms with Crippen LogP contribution in [0.15, 0.2) is 36.4 Å². The number of hydrogen-bond acceptors (Lipinski definition) is 3. The second-order valence-corrected chi connectivity index (χ2v) is 8.69. The summed E-state index contributed by atoms with van der Waals surface area (Å²) < 4.78 is 0. The fourth-order valence-electron chi connectivity index (χ4n) is 4.17. The predicted molar refractivity (Wildman–Crippen MR) is 122 cm³/mol. The number of nitrogens with one attached hydrogen (secondary N) is 2. The van der Waals surface area contributed by atoms with E-state index in [1.165, 1.54) is 0 Å². The van der Waals surface area contributed by atoms with E-state index in [9.17, 15) is 9.59 Å². The highest BCUT2D eigenvalue weighted by atomic mass is 35.5. The van der Waals surface area contributed by atoms with Gasteiger partial charge in [0, 0.05) is 17.8 Å². The Morgan fingerprint density at radius 3 is 2.20 bits per heavy atom. The number of hydrogen-bond donors (Lipinski definition) is 2. The van der Waals surface area contributed by atoms with Gasteiger partial charge >= 0.3 is 0 Å². The van der Waals surface area contributed by atoms with Gasteiger partial charge in [-0.05, 0) is 87.7 Å². The lowest BCUT2D eigenvalue weighted by molar-refractivity contribution is -0.144. The number of aryl methyl sites for hydroxylation is 3. The Balaban J connectivity index is 1.84. The van der Waals surface area contributed by atoms with Crippen molar-refractivity contribution in [3.63, 3.8) is 0 Å². The van der Waals surface area contributed by atoms with E-state index < -0.39 is 5.54 Å². The smallest absolute Gasteiger partial charge is 0.250 e. The number of carbonyl (C=O) groups is 2. The molecule has 0 unspecified atom stereocenters. The minimum Gasteiger partial charge on any atom is -0.331 e. The van der Waals surface area contributed by atoms with E-state index >= 15 is 0 Å². The van der Waals surface area contributed by atoms with Gasteiger partial charge in [0.1, 0.15) is 5.54 Å². The lowest BCUT2D eigenvalue weighted by Gasteiger charge is -2.43. The Morgan fingerprint density at radius 1 is 1.07 bits per heavy atom. The lowest BCUT2D eigenvalue weighted by atomic mass is 9.84. The number of carbonyl (C=O) groups excluding carboxylic acids is 2. The zero-order valence-corrected chi connectivity index (χ0v) is 18.9. The number of halogens is 1. The fourth-order valence-corrected chi connectivity index (χ4v) is 4.49. The summed E-state index contributed by atoms with van der Waals surface area (Å²) in [6.07, 6.45) is 1.40. The van der Waals surface area contributed by atoms with Crippen LogP contribution in [-0.4, -0.2) is 42.4 Å². The van der Waals surface area contributed by atoms with Gasteiger partial charge in [-0.2, -0.15) is 0 Å². The van der Waals surface area contributed by atoms with Gasteiger partial charge < -0.3 is 15.5 Å². The molecule has 2 aromatic carbocycles. The molecule has 0 radical (unpaired) electrons. The van der Waals surface area contributed by atoms with Crippen LogP contribution in [0.25, 0.3) is 0 Å². The first-order valence-electron chi connectivity index (χ1n) is 10.3. The van der Waals surface area contributed by atoms with Gasteiger partial charge in [0.15, 0.2) is 0 Å². The fraction of sp³-hybridized carbons (Fsp3) is 0.417. The lowest BCUT2D eigenvalue weighted by Crippen LogP contribution is -2.62. The number of rotatable bonds is 5. The van der Waals surface area contributed by atoms with Crippen molar-refractivity contribution in [2.24, 2.45) is 0 Å². The Morgan fingerprint density at radius 2 is 1.63 bits per heavy atom. The van der Waals surface area contributed by atoms with E-state index in [1.807, 2.05) is 57.2 Å². The summed E-state index contributed by atoms with van der Waals surface area (Å²) >= 11 is 6.14. The number of piperidine rings is 1. The van der Waals surface area contributed by atoms with E-state index in [0.29, 0.717) is 31.0 Å². The molecule has 0 atom stereocenters. The molecule has 2 amide bonds. The third-order valence-corrected chi connectivity index (χ3v) is 6.39. The van der Waals surface area contributed by atoms with Crippen LogP contribution in [0.5, 0.6) is 0 Å². The van der Waals surface area contributed by atoms with Crippen molar-refractivity contribution in [2.75, 3.05) is 25.5 Å². The zero-order valence-electron chi connectivity index (χ0n) is 18.1. The van der Waals surface area contributed by atoms with Crippen LogP contribution in [0.1, 0.15) is 35.1 Å². The van der Waals surface area contributed by atoms with E-state index in [0.717, 1.165) is 27.9 Å². The Hall–Kier alpha value is -2.37. The second-order valence-electron chi connectivity index (χ2n) is 8.25. The standard InChI is InChI=1S/C24H30ClN3O2/c1-16-5-7-20(8-6-16)27-23(30)24(9-11-26-12-10-24)28(4)22(29)15-21-17(2)13-19(25)14-18(21)3/h5-8,13-14,26H,9-12,15H2,1-4H3,(H,27,30). The van der Waals surface area contributed by atoms with Gasteiger partial charge in [0.25, 0.3) is 0 Å². The van der Waals surface area contributed by atoms with Gasteiger partial charge in [0.2, 0.25) is 11.8 Å². The Bertz CT molecular complexity index is 911. The maximum Gasteiger partial charge on any atom is 0.250 e. The van der Waals surface area contributed by atoms with E-state index in [2.05, 4.69) is 10.6 Å². The monoisotopic (exact) mass is 427 g/mol. The van der Waals surface area contributed by atoms with Crippen LogP contribution < -0.4 is 10.6 Å². The molecule has 0 spiro atoms. The Labute approximate surface area is 183 Å². The van der Waals surface area contributed by atoms with Crippen LogP contribution in [0, 0.1) is 20.8 Å². The first-order valence-corrected chi connectivity index (χ1v) is 10.7. The molecular weight excluding hydrogens is 398 g/mol. The van der Waals surface area contributed by atoms with Crippen molar-refractivity contribution in [3.8, 4) is 0 Å². The number of anilines is 1. The van der Waals surface area contributed by atoms with Crippen molar-refractivity contribution in [2.45, 2.75) is 45.6 Å². The molecule has 2 N–H and O–H groups in total. The zero-order chi connectivity index (χ0) is 21.9. The predicted octanol–water partition coefficient (Wildman–Crippen LogP) is 4.03. The van der Waals surface area contributed by atoms with E-state index in [-0.39, 0.29) is 18.2 Å². The molecule has 30 heavy (non-hydrogen) atoms. The van der Waals surface area contributed by atoms with Gasteiger partial charge in [-0.15, -0.1) is 0 Å². The Kier molecular flexibility index (Phi) is 6.84. The molecule has 0 saturated carbocycles. The minimum atomic E-state index is -0.874. The minimum absolute atomic E-state index is 0.0653. The molecule has 2 aromatic rings. The number of benzene rings is 2. The average Bonchev–Trinajstić information content (AvgIpc) is 2.72. The molecular formula is C24H30ClN3O2. The maximum atomic E-state index is 13.4. The molecule has 1 aliphatic rings. The summed E-state index contributed by atoms with van der Waals surface area (Å²) in [5.74, 6) is -0.197. The highest BCUT2D eigenvalue weighted by molar-refractivity contribution is 6.30. The molecule has 5 nitrogen and oxygen atoms in total. The first kappa shape index (κ1) is 22.3. The quantitative estimate of drug-likeness (QED) is 0.757. The second kappa shape index (κ2) is 9.19. The summed E-state index contributed by atoms with van der Waals surface area (Å²) in [5, 5.41) is 7.00. The van der Waals surface area contributed by atoms with Crippen molar-refractivity contribution >= 4 is 29.1 Å². The molecule has 0 aliphatic carbocycles. The van der Waals surface area contributed by atoms with Gasteiger partial charge in [-0.25, -0.2) is 0 Å². The van der Waals surface area contributed by atoms with Crippen molar-refractivity contribution in [1.29, 1.82) is 0 Å². The van der Waals surface area contributed by atoms with Gasteiger partial charge in [0.05, 0.1) is 6.42 Å². The number of likely N-dealkylation sites (N-methyl/N-ethyl adjacent to an activating group) is 1. The number of nitrogens with zero attached hydrogens (tertiary/aromatic N) is 1. The molecule has 1 saturated heterocycles. The van der Waals surface area contributed by atoms with Crippen LogP contribution in [-0.2, 0) is 16.0 Å². The van der Waals surface area contributed by atoms with Gasteiger partial charge in [-0.3, -0.25) is 9.59 Å². The summed E-state index contributed by atoms with van der Waals surface area (Å²) in [6.45, 7) is 7.32. The summed E-state index contributed by atoms with van der Waals surface area (Å²) in [7, 11) is 1.75. The SMILES string of the molecule is Cc1ccc(NC(=O)C2(N(C)C(=O)Cc3c(C)cc(Cl)cc3C)CCNCC2)cc1. The molecule has 1 heterocycles. The number of amides is 2. The summed E-state index contributed by atoms with van der Waals surface area (Å²) in [6, 6.07) is 11.5. The third-order valence-electron chi connectivity index (χ3n) is 6.17.